The van der Waals surface area contributed by atoms with Gasteiger partial charge in [-0.05, 0) is 45.7 Å². The fourth-order valence-electron chi connectivity index (χ4n) is 4.41. The summed E-state index contributed by atoms with van der Waals surface area (Å²) in [7, 11) is -3.98. The van der Waals surface area contributed by atoms with Crippen LogP contribution in [0.5, 0.6) is 0 Å². The van der Waals surface area contributed by atoms with Crippen molar-refractivity contribution in [3.05, 3.63) is 23.8 Å². The van der Waals surface area contributed by atoms with Crippen molar-refractivity contribution < 1.29 is 12.8 Å². The molecule has 0 bridgehead atoms. The predicted molar refractivity (Wildman–Crippen MR) is 129 cm³/mol. The van der Waals surface area contributed by atoms with E-state index in [4.69, 9.17) is 9.40 Å². The second-order valence-electron chi connectivity index (χ2n) is 9.50. The Hall–Kier alpha value is -3.14. The number of piperazine rings is 1. The van der Waals surface area contributed by atoms with E-state index in [1.165, 1.54) is 6.07 Å². The molecule has 1 aliphatic carbocycles. The van der Waals surface area contributed by atoms with Crippen molar-refractivity contribution in [1.29, 1.82) is 5.26 Å². The number of sulfonamides is 1. The normalized spacial score (nSPS) is 18.2. The van der Waals surface area contributed by atoms with Crippen molar-refractivity contribution in [2.45, 2.75) is 57.0 Å². The molecule has 2 fully saturated rings. The fourth-order valence-corrected chi connectivity index (χ4v) is 5.83. The maximum absolute atomic E-state index is 13.4. The minimum atomic E-state index is -3.98. The lowest BCUT2D eigenvalue weighted by Crippen LogP contribution is -2.49. The second-order valence-corrected chi connectivity index (χ2v) is 11.2. The molecule has 1 N–H and O–H groups in total. The lowest BCUT2D eigenvalue weighted by molar-refractivity contribution is 0.209. The monoisotopic (exact) mass is 496 g/mol. The van der Waals surface area contributed by atoms with Gasteiger partial charge in [0.15, 0.2) is 0 Å². The molecule has 3 heterocycles. The first-order chi connectivity index (χ1) is 16.6. The van der Waals surface area contributed by atoms with Crippen molar-refractivity contribution in [3.63, 3.8) is 0 Å². The van der Waals surface area contributed by atoms with Gasteiger partial charge in [0.2, 0.25) is 15.9 Å². The lowest BCUT2D eigenvalue weighted by atomic mass is 10.1. The number of aromatic nitrogens is 4. The van der Waals surface area contributed by atoms with Crippen molar-refractivity contribution >= 4 is 26.6 Å². The van der Waals surface area contributed by atoms with Crippen LogP contribution < -0.4 is 9.62 Å². The van der Waals surface area contributed by atoms with Gasteiger partial charge in [0.05, 0.1) is 22.2 Å². The Labute approximate surface area is 204 Å². The number of nitrogens with one attached hydrogen (secondary N) is 1. The molecule has 11 nitrogen and oxygen atoms in total. The number of hydrogen-bond acceptors (Lipinski definition) is 10. The van der Waals surface area contributed by atoms with E-state index in [9.17, 15) is 13.7 Å². The highest BCUT2D eigenvalue weighted by molar-refractivity contribution is 7.89. The molecule has 1 aliphatic heterocycles. The van der Waals surface area contributed by atoms with E-state index >= 15 is 0 Å². The molecule has 1 aromatic carbocycles. The number of rotatable bonds is 6. The predicted octanol–water partition coefficient (Wildman–Crippen LogP) is 2.16. The maximum atomic E-state index is 13.4. The van der Waals surface area contributed by atoms with Crippen molar-refractivity contribution in [3.8, 4) is 17.7 Å². The highest BCUT2D eigenvalue weighted by Crippen LogP contribution is 2.38. The van der Waals surface area contributed by atoms with Gasteiger partial charge in [-0.15, -0.1) is 10.2 Å². The van der Waals surface area contributed by atoms with Crippen LogP contribution in [0.15, 0.2) is 21.4 Å². The molecular formula is C23H28N8O3S. The molecule has 0 atom stereocenters. The third-order valence-corrected chi connectivity index (χ3v) is 8.10. The number of aryl methyl sites for hydroxylation is 2. The summed E-state index contributed by atoms with van der Waals surface area (Å²) in [6.45, 7) is 11.0. The second kappa shape index (κ2) is 8.51. The van der Waals surface area contributed by atoms with Gasteiger partial charge in [-0.2, -0.15) is 9.98 Å². The summed E-state index contributed by atoms with van der Waals surface area (Å²) in [5.41, 5.74) is 0.680. The summed E-state index contributed by atoms with van der Waals surface area (Å²) >= 11 is 0. The van der Waals surface area contributed by atoms with Crippen LogP contribution in [0.25, 0.3) is 22.5 Å². The Bertz CT molecular complexity index is 1430. The molecule has 5 rings (SSSR count). The van der Waals surface area contributed by atoms with Crippen LogP contribution in [0.1, 0.15) is 38.4 Å². The summed E-state index contributed by atoms with van der Waals surface area (Å²) in [4.78, 5) is 13.8. The van der Waals surface area contributed by atoms with Crippen LogP contribution in [0.4, 0.5) is 5.69 Å². The highest BCUT2D eigenvalue weighted by Gasteiger charge is 2.47. The lowest BCUT2D eigenvalue weighted by Gasteiger charge is -2.38. The molecule has 0 radical (unpaired) electrons. The summed E-state index contributed by atoms with van der Waals surface area (Å²) in [6, 6.07) is 5.71. The van der Waals surface area contributed by atoms with Gasteiger partial charge in [0.25, 0.3) is 5.89 Å². The molecule has 12 heteroatoms. The van der Waals surface area contributed by atoms with Crippen LogP contribution >= 0.6 is 0 Å². The van der Waals surface area contributed by atoms with Gasteiger partial charge in [0.1, 0.15) is 17.1 Å². The van der Waals surface area contributed by atoms with Crippen LogP contribution in [-0.4, -0.2) is 71.2 Å². The van der Waals surface area contributed by atoms with Crippen LogP contribution in [0, 0.1) is 25.2 Å². The Morgan fingerprint density at radius 3 is 2.40 bits per heavy atom. The van der Waals surface area contributed by atoms with Gasteiger partial charge >= 0.3 is 0 Å². The zero-order valence-corrected chi connectivity index (χ0v) is 21.1. The van der Waals surface area contributed by atoms with Gasteiger partial charge in [-0.25, -0.2) is 18.4 Å². The van der Waals surface area contributed by atoms with Crippen molar-refractivity contribution in [2.75, 3.05) is 31.1 Å². The summed E-state index contributed by atoms with van der Waals surface area (Å²) < 4.78 is 35.1. The third kappa shape index (κ3) is 4.47. The minimum Gasteiger partial charge on any atom is -0.420 e. The highest BCUT2D eigenvalue weighted by atomic mass is 32.2. The maximum Gasteiger partial charge on any atom is 0.267 e. The molecule has 0 amide bonds. The number of benzene rings is 1. The number of anilines is 1. The van der Waals surface area contributed by atoms with E-state index in [2.05, 4.69) is 49.6 Å². The third-order valence-electron chi connectivity index (χ3n) is 6.58. The topological polar surface area (TPSA) is 141 Å². The zero-order valence-electron chi connectivity index (χ0n) is 20.2. The molecule has 0 spiro atoms. The molecular weight excluding hydrogens is 468 g/mol. The molecule has 35 heavy (non-hydrogen) atoms. The van der Waals surface area contributed by atoms with Crippen molar-refractivity contribution in [1.82, 2.24) is 29.8 Å². The van der Waals surface area contributed by atoms with E-state index < -0.39 is 15.6 Å². The Kier molecular flexibility index (Phi) is 5.74. The first kappa shape index (κ1) is 23.6. The molecule has 1 saturated carbocycles. The zero-order chi connectivity index (χ0) is 25.0. The smallest absolute Gasteiger partial charge is 0.267 e. The summed E-state index contributed by atoms with van der Waals surface area (Å²) in [6.07, 6.45) is 0.990. The fraction of sp³-hybridized carbons (Fsp3) is 0.522. The van der Waals surface area contributed by atoms with E-state index in [1.807, 2.05) is 0 Å². The van der Waals surface area contributed by atoms with E-state index in [0.717, 1.165) is 26.2 Å². The molecule has 184 valence electrons. The summed E-state index contributed by atoms with van der Waals surface area (Å²) in [5, 5.41) is 18.0. The average Bonchev–Trinajstić information content (AvgIpc) is 3.46. The quantitative estimate of drug-likeness (QED) is 0.539. The summed E-state index contributed by atoms with van der Waals surface area (Å²) in [5.74, 6) is 1.09. The minimum absolute atomic E-state index is 0.0535. The number of nitrogens with zero attached hydrogens (tertiary/aromatic N) is 7. The largest absolute Gasteiger partial charge is 0.420 e. The Balaban J connectivity index is 1.68. The van der Waals surface area contributed by atoms with E-state index in [1.54, 1.807) is 19.9 Å². The SMILES string of the molecule is Cc1nc(-c2nnc(C)o2)c2cc(S(=O)(=O)NC3(C#N)CC3)cc(N3CCN(C(C)C)CC3)c2n1. The molecule has 2 aliphatic rings. The van der Waals surface area contributed by atoms with E-state index in [-0.39, 0.29) is 10.8 Å². The molecule has 1 saturated heterocycles. The standard InChI is InChI=1S/C23H28N8O3S/c1-14(2)30-7-9-31(10-8-30)19-12-17(35(32,33)29-23(13-24)5-6-23)11-18-20(19)25-15(3)26-21(18)22-28-27-16(4)34-22/h11-12,14,29H,5-10H2,1-4H3. The first-order valence-corrected chi connectivity index (χ1v) is 13.2. The van der Waals surface area contributed by atoms with Crippen LogP contribution in [-0.2, 0) is 10.0 Å². The van der Waals surface area contributed by atoms with Gasteiger partial charge in [-0.3, -0.25) is 4.90 Å². The molecule has 0 unspecified atom stereocenters. The number of fused-ring (bicyclic) bond motifs is 1. The van der Waals surface area contributed by atoms with Crippen LogP contribution in [0.2, 0.25) is 0 Å². The average molecular weight is 497 g/mol. The Morgan fingerprint density at radius 1 is 1.11 bits per heavy atom. The van der Waals surface area contributed by atoms with Gasteiger partial charge in [0, 0.05) is 44.5 Å². The number of hydrogen-bond donors (Lipinski definition) is 1. The van der Waals surface area contributed by atoms with Gasteiger partial charge < -0.3 is 9.32 Å². The van der Waals surface area contributed by atoms with Crippen molar-refractivity contribution in [2.24, 2.45) is 0 Å². The number of nitriles is 1. The van der Waals surface area contributed by atoms with Gasteiger partial charge in [-0.1, -0.05) is 0 Å². The Morgan fingerprint density at radius 2 is 1.83 bits per heavy atom. The van der Waals surface area contributed by atoms with E-state index in [0.29, 0.717) is 52.9 Å². The first-order valence-electron chi connectivity index (χ1n) is 11.7. The molecule has 3 aromatic rings. The van der Waals surface area contributed by atoms with Crippen LogP contribution in [0.3, 0.4) is 0 Å². The molecule has 2 aromatic heterocycles.